The highest BCUT2D eigenvalue weighted by Gasteiger charge is 2.19. The quantitative estimate of drug-likeness (QED) is 0.827. The van der Waals surface area contributed by atoms with Crippen LogP contribution in [0.3, 0.4) is 0 Å². The SMILES string of the molecule is Cc1cc(Cl)ccc1NC(=O)CCN(c1ccc(F)cc1)S(C)(=O)=O. The van der Waals surface area contributed by atoms with E-state index in [9.17, 15) is 17.6 Å². The normalized spacial score (nSPS) is 11.2. The topological polar surface area (TPSA) is 66.5 Å². The smallest absolute Gasteiger partial charge is 0.232 e. The maximum Gasteiger partial charge on any atom is 0.232 e. The maximum atomic E-state index is 13.0. The molecule has 25 heavy (non-hydrogen) atoms. The van der Waals surface area contributed by atoms with Crippen molar-refractivity contribution < 1.29 is 17.6 Å². The number of benzene rings is 2. The van der Waals surface area contributed by atoms with Crippen LogP contribution in [0, 0.1) is 12.7 Å². The lowest BCUT2D eigenvalue weighted by Crippen LogP contribution is -2.33. The van der Waals surface area contributed by atoms with Gasteiger partial charge in [0.05, 0.1) is 11.9 Å². The molecule has 5 nitrogen and oxygen atoms in total. The molecule has 0 fully saturated rings. The fraction of sp³-hybridized carbons (Fsp3) is 0.235. The molecule has 2 rings (SSSR count). The summed E-state index contributed by atoms with van der Waals surface area (Å²) in [5.74, 6) is -0.797. The van der Waals surface area contributed by atoms with E-state index in [4.69, 9.17) is 11.6 Å². The molecule has 0 saturated carbocycles. The Hall–Kier alpha value is -2.12. The summed E-state index contributed by atoms with van der Waals surface area (Å²) in [6, 6.07) is 10.1. The standard InChI is InChI=1S/C17H18ClFN2O3S/c1-12-11-13(18)3-8-16(12)20-17(22)9-10-21(25(2,23)24)15-6-4-14(19)5-7-15/h3-8,11H,9-10H2,1-2H3,(H,20,22). The number of nitrogens with one attached hydrogen (secondary N) is 1. The van der Waals surface area contributed by atoms with Crippen molar-refractivity contribution in [1.29, 1.82) is 0 Å². The summed E-state index contributed by atoms with van der Waals surface area (Å²) >= 11 is 5.87. The van der Waals surface area contributed by atoms with Gasteiger partial charge in [0.15, 0.2) is 0 Å². The Labute approximate surface area is 151 Å². The molecule has 0 aliphatic rings. The van der Waals surface area contributed by atoms with Crippen LogP contribution in [0.1, 0.15) is 12.0 Å². The molecule has 0 unspecified atom stereocenters. The van der Waals surface area contributed by atoms with Crippen molar-refractivity contribution in [2.75, 3.05) is 22.4 Å². The van der Waals surface area contributed by atoms with E-state index in [2.05, 4.69) is 5.32 Å². The van der Waals surface area contributed by atoms with E-state index in [1.807, 2.05) is 6.92 Å². The van der Waals surface area contributed by atoms with Crippen LogP contribution < -0.4 is 9.62 Å². The Bertz CT molecular complexity index is 870. The summed E-state index contributed by atoms with van der Waals surface area (Å²) in [5.41, 5.74) is 1.72. The van der Waals surface area contributed by atoms with E-state index in [-0.39, 0.29) is 18.9 Å². The number of sulfonamides is 1. The summed E-state index contributed by atoms with van der Waals surface area (Å²) in [4.78, 5) is 12.1. The number of anilines is 2. The van der Waals surface area contributed by atoms with E-state index in [0.717, 1.165) is 16.1 Å². The van der Waals surface area contributed by atoms with Gasteiger partial charge in [-0.2, -0.15) is 0 Å². The molecule has 0 bridgehead atoms. The van der Waals surface area contributed by atoms with Crippen molar-refractivity contribution in [3.63, 3.8) is 0 Å². The third kappa shape index (κ3) is 5.44. The van der Waals surface area contributed by atoms with Crippen LogP contribution in [0.4, 0.5) is 15.8 Å². The Kier molecular flexibility index (Phi) is 6.02. The number of hydrogen-bond acceptors (Lipinski definition) is 3. The first kappa shape index (κ1) is 19.2. The predicted octanol–water partition coefficient (Wildman–Crippen LogP) is 3.58. The summed E-state index contributed by atoms with van der Waals surface area (Å²) < 4.78 is 38.0. The molecule has 0 saturated heterocycles. The molecule has 0 heterocycles. The van der Waals surface area contributed by atoms with Crippen LogP contribution in [0.2, 0.25) is 5.02 Å². The fourth-order valence-electron chi connectivity index (χ4n) is 2.28. The summed E-state index contributed by atoms with van der Waals surface area (Å²) in [7, 11) is -3.60. The van der Waals surface area contributed by atoms with E-state index < -0.39 is 15.8 Å². The average molecular weight is 385 g/mol. The van der Waals surface area contributed by atoms with Gasteiger partial charge in [-0.05, 0) is 55.0 Å². The van der Waals surface area contributed by atoms with Crippen molar-refractivity contribution in [3.05, 3.63) is 58.9 Å². The van der Waals surface area contributed by atoms with Crippen LogP contribution in [0.25, 0.3) is 0 Å². The lowest BCUT2D eigenvalue weighted by Gasteiger charge is -2.22. The number of amides is 1. The average Bonchev–Trinajstić information content (AvgIpc) is 2.51. The summed E-state index contributed by atoms with van der Waals surface area (Å²) in [6.45, 7) is 1.76. The van der Waals surface area contributed by atoms with Gasteiger partial charge in [-0.25, -0.2) is 12.8 Å². The van der Waals surface area contributed by atoms with E-state index in [1.165, 1.54) is 24.3 Å². The van der Waals surface area contributed by atoms with Gasteiger partial charge in [-0.15, -0.1) is 0 Å². The molecule has 1 amide bonds. The van der Waals surface area contributed by atoms with E-state index in [0.29, 0.717) is 16.4 Å². The number of hydrogen-bond donors (Lipinski definition) is 1. The van der Waals surface area contributed by atoms with Gasteiger partial charge in [0.25, 0.3) is 0 Å². The number of halogens is 2. The first-order chi connectivity index (χ1) is 11.7. The van der Waals surface area contributed by atoms with Crippen LogP contribution in [0.15, 0.2) is 42.5 Å². The second-order valence-corrected chi connectivity index (χ2v) is 7.91. The van der Waals surface area contributed by atoms with Gasteiger partial charge >= 0.3 is 0 Å². The van der Waals surface area contributed by atoms with Crippen molar-refractivity contribution in [1.82, 2.24) is 0 Å². The molecule has 2 aromatic rings. The van der Waals surface area contributed by atoms with Crippen molar-refractivity contribution in [2.45, 2.75) is 13.3 Å². The zero-order valence-corrected chi connectivity index (χ0v) is 15.4. The molecule has 0 aliphatic heterocycles. The van der Waals surface area contributed by atoms with Crippen molar-refractivity contribution in [3.8, 4) is 0 Å². The third-order valence-corrected chi connectivity index (χ3v) is 4.95. The molecular weight excluding hydrogens is 367 g/mol. The Balaban J connectivity index is 2.07. The maximum absolute atomic E-state index is 13.0. The molecule has 0 radical (unpaired) electrons. The van der Waals surface area contributed by atoms with Crippen LogP contribution in [-0.2, 0) is 14.8 Å². The van der Waals surface area contributed by atoms with Crippen LogP contribution in [-0.4, -0.2) is 27.1 Å². The molecule has 0 atom stereocenters. The second kappa shape index (κ2) is 7.84. The minimum atomic E-state index is -3.60. The minimum absolute atomic E-state index is 0.0491. The monoisotopic (exact) mass is 384 g/mol. The Morgan fingerprint density at radius 3 is 2.40 bits per heavy atom. The van der Waals surface area contributed by atoms with Crippen molar-refractivity contribution in [2.24, 2.45) is 0 Å². The van der Waals surface area contributed by atoms with Crippen molar-refractivity contribution >= 4 is 38.9 Å². The fourth-order valence-corrected chi connectivity index (χ4v) is 3.43. The molecular formula is C17H18ClFN2O3S. The lowest BCUT2D eigenvalue weighted by atomic mass is 10.2. The molecule has 0 spiro atoms. The first-order valence-electron chi connectivity index (χ1n) is 7.46. The lowest BCUT2D eigenvalue weighted by molar-refractivity contribution is -0.116. The highest BCUT2D eigenvalue weighted by molar-refractivity contribution is 7.92. The highest BCUT2D eigenvalue weighted by atomic mass is 35.5. The largest absolute Gasteiger partial charge is 0.326 e. The summed E-state index contributed by atoms with van der Waals surface area (Å²) in [6.07, 6.45) is 0.990. The van der Waals surface area contributed by atoms with Gasteiger partial charge in [0.1, 0.15) is 5.82 Å². The Morgan fingerprint density at radius 2 is 1.84 bits per heavy atom. The molecule has 0 aromatic heterocycles. The third-order valence-electron chi connectivity index (χ3n) is 3.52. The second-order valence-electron chi connectivity index (χ2n) is 5.57. The summed E-state index contributed by atoms with van der Waals surface area (Å²) in [5, 5.41) is 3.29. The van der Waals surface area contributed by atoms with Gasteiger partial charge in [-0.1, -0.05) is 11.6 Å². The van der Waals surface area contributed by atoms with E-state index >= 15 is 0 Å². The Morgan fingerprint density at radius 1 is 1.20 bits per heavy atom. The minimum Gasteiger partial charge on any atom is -0.326 e. The van der Waals surface area contributed by atoms with Crippen LogP contribution in [0.5, 0.6) is 0 Å². The van der Waals surface area contributed by atoms with Crippen LogP contribution >= 0.6 is 11.6 Å². The number of rotatable bonds is 6. The molecule has 0 aliphatic carbocycles. The number of carbonyl (C=O) groups is 1. The molecule has 8 heteroatoms. The number of nitrogens with zero attached hydrogens (tertiary/aromatic N) is 1. The van der Waals surface area contributed by atoms with Gasteiger partial charge in [0, 0.05) is 23.7 Å². The molecule has 134 valence electrons. The first-order valence-corrected chi connectivity index (χ1v) is 9.69. The number of carbonyl (C=O) groups excluding carboxylic acids is 1. The van der Waals surface area contributed by atoms with E-state index in [1.54, 1.807) is 18.2 Å². The zero-order valence-electron chi connectivity index (χ0n) is 13.8. The zero-order chi connectivity index (χ0) is 18.6. The van der Waals surface area contributed by atoms with Gasteiger partial charge in [-0.3, -0.25) is 9.10 Å². The number of aryl methyl sites for hydroxylation is 1. The highest BCUT2D eigenvalue weighted by Crippen LogP contribution is 2.21. The van der Waals surface area contributed by atoms with Gasteiger partial charge < -0.3 is 5.32 Å². The predicted molar refractivity (Wildman–Crippen MR) is 98.0 cm³/mol. The van der Waals surface area contributed by atoms with Gasteiger partial charge in [0.2, 0.25) is 15.9 Å². The molecule has 1 N–H and O–H groups in total. The molecule has 2 aromatic carbocycles.